The summed E-state index contributed by atoms with van der Waals surface area (Å²) < 4.78 is 22.1. The van der Waals surface area contributed by atoms with Crippen LogP contribution in [0.15, 0.2) is 36.4 Å². The van der Waals surface area contributed by atoms with Crippen LogP contribution in [0, 0.1) is 0 Å². The molecule has 0 amide bonds. The van der Waals surface area contributed by atoms with Gasteiger partial charge in [-0.15, -0.1) is 0 Å². The van der Waals surface area contributed by atoms with Crippen molar-refractivity contribution in [2.75, 3.05) is 12.0 Å². The first-order valence-corrected chi connectivity index (χ1v) is 7.08. The van der Waals surface area contributed by atoms with Crippen molar-refractivity contribution in [1.29, 1.82) is 0 Å². The number of para-hydroxylation sites is 1. The third-order valence-corrected chi connectivity index (χ3v) is 3.06. The van der Waals surface area contributed by atoms with Crippen molar-refractivity contribution in [3.05, 3.63) is 42.1 Å². The van der Waals surface area contributed by atoms with E-state index in [1.54, 1.807) is 18.2 Å². The van der Waals surface area contributed by atoms with E-state index in [1.165, 1.54) is 0 Å². The number of hydrogen-bond acceptors (Lipinski definition) is 4. The molecule has 88 valence electrons. The Bertz CT molecular complexity index is 677. The Hall–Kier alpha value is -1.75. The molecule has 0 radical (unpaired) electrons. The van der Waals surface area contributed by atoms with E-state index < -0.39 is 21.4 Å². The van der Waals surface area contributed by atoms with Crippen molar-refractivity contribution in [3.8, 4) is 0 Å². The molecule has 0 saturated carbocycles. The lowest BCUT2D eigenvalue weighted by atomic mass is 10.2. The molecule has 17 heavy (non-hydrogen) atoms. The first-order chi connectivity index (χ1) is 7.96. The topological polar surface area (TPSA) is 64.1 Å². The molecular weight excluding hydrogens is 238 g/mol. The van der Waals surface area contributed by atoms with Crippen LogP contribution in [-0.4, -0.2) is 31.2 Å². The number of hydrogen-bond donors (Lipinski definition) is 0. The molecule has 0 fully saturated rings. The van der Waals surface area contributed by atoms with Gasteiger partial charge in [-0.3, -0.25) is 4.79 Å². The highest BCUT2D eigenvalue weighted by Gasteiger charge is 2.14. The predicted octanol–water partition coefficient (Wildman–Crippen LogP) is 1.46. The van der Waals surface area contributed by atoms with Gasteiger partial charge in [0.05, 0.1) is 5.52 Å². The highest BCUT2D eigenvalue weighted by atomic mass is 32.2. The van der Waals surface area contributed by atoms with Gasteiger partial charge in [0.15, 0.2) is 15.6 Å². The molecule has 0 bridgehead atoms. The van der Waals surface area contributed by atoms with Crippen LogP contribution < -0.4 is 0 Å². The Morgan fingerprint density at radius 3 is 2.59 bits per heavy atom. The van der Waals surface area contributed by atoms with Gasteiger partial charge >= 0.3 is 0 Å². The summed E-state index contributed by atoms with van der Waals surface area (Å²) in [4.78, 5) is 15.8. The Balaban J connectivity index is 2.40. The van der Waals surface area contributed by atoms with E-state index in [4.69, 9.17) is 0 Å². The van der Waals surface area contributed by atoms with Crippen LogP contribution in [0.2, 0.25) is 0 Å². The van der Waals surface area contributed by atoms with Gasteiger partial charge in [-0.05, 0) is 12.1 Å². The average Bonchev–Trinajstić information content (AvgIpc) is 2.26. The molecule has 0 aliphatic heterocycles. The molecular formula is C12H11NO3S. The fraction of sp³-hybridized carbons (Fsp3) is 0.167. The van der Waals surface area contributed by atoms with E-state index in [9.17, 15) is 13.2 Å². The fourth-order valence-electron chi connectivity index (χ4n) is 1.53. The molecule has 5 heteroatoms. The van der Waals surface area contributed by atoms with Crippen LogP contribution >= 0.6 is 0 Å². The average molecular weight is 249 g/mol. The Morgan fingerprint density at radius 2 is 1.88 bits per heavy atom. The Morgan fingerprint density at radius 1 is 1.18 bits per heavy atom. The number of benzene rings is 1. The molecule has 0 saturated heterocycles. The summed E-state index contributed by atoms with van der Waals surface area (Å²) in [5, 5.41) is 0.920. The van der Waals surface area contributed by atoms with Crippen LogP contribution in [0.4, 0.5) is 0 Å². The summed E-state index contributed by atoms with van der Waals surface area (Å²) in [5.41, 5.74) is 0.876. The van der Waals surface area contributed by atoms with E-state index in [0.717, 1.165) is 11.6 Å². The fourth-order valence-corrected chi connectivity index (χ4v) is 2.16. The summed E-state index contributed by atoms with van der Waals surface area (Å²) in [6, 6.07) is 10.7. The molecule has 2 aromatic rings. The first kappa shape index (κ1) is 11.7. The Kier molecular flexibility index (Phi) is 2.93. The minimum absolute atomic E-state index is 0.189. The summed E-state index contributed by atoms with van der Waals surface area (Å²) in [6.07, 6.45) is 1.03. The van der Waals surface area contributed by atoms with Crippen molar-refractivity contribution >= 4 is 26.5 Å². The van der Waals surface area contributed by atoms with Gasteiger partial charge in [-0.2, -0.15) is 0 Å². The number of carbonyl (C=O) groups excluding carboxylic acids is 1. The predicted molar refractivity (Wildman–Crippen MR) is 65.8 cm³/mol. The number of ketones is 1. The van der Waals surface area contributed by atoms with Gasteiger partial charge in [-0.25, -0.2) is 13.4 Å². The molecule has 1 aromatic carbocycles. The molecule has 0 N–H and O–H groups in total. The zero-order valence-corrected chi connectivity index (χ0v) is 10.1. The largest absolute Gasteiger partial charge is 0.291 e. The summed E-state index contributed by atoms with van der Waals surface area (Å²) >= 11 is 0. The lowest BCUT2D eigenvalue weighted by molar-refractivity contribution is 0.101. The van der Waals surface area contributed by atoms with Crippen LogP contribution in [0.3, 0.4) is 0 Å². The third kappa shape index (κ3) is 2.88. The van der Waals surface area contributed by atoms with Gasteiger partial charge in [0.2, 0.25) is 0 Å². The molecule has 0 atom stereocenters. The molecule has 1 aromatic heterocycles. The number of Topliss-reactive ketones (excluding diaryl/α,β-unsaturated/α-hetero) is 1. The highest BCUT2D eigenvalue weighted by Crippen LogP contribution is 2.12. The van der Waals surface area contributed by atoms with Crippen molar-refractivity contribution in [2.45, 2.75) is 0 Å². The number of nitrogens with zero attached hydrogens (tertiary/aromatic N) is 1. The molecule has 0 unspecified atom stereocenters. The maximum absolute atomic E-state index is 11.7. The Labute approximate surface area is 99.2 Å². The summed E-state index contributed by atoms with van der Waals surface area (Å²) in [6.45, 7) is 0. The van der Waals surface area contributed by atoms with E-state index in [2.05, 4.69) is 4.98 Å². The van der Waals surface area contributed by atoms with Crippen molar-refractivity contribution in [1.82, 2.24) is 4.98 Å². The van der Waals surface area contributed by atoms with Gasteiger partial charge in [0, 0.05) is 11.6 Å². The second-order valence-corrected chi connectivity index (χ2v) is 6.02. The quantitative estimate of drug-likeness (QED) is 0.772. The third-order valence-electron chi connectivity index (χ3n) is 2.28. The SMILES string of the molecule is CS(=O)(=O)CC(=O)c1ccc2ccccc2n1. The van der Waals surface area contributed by atoms with Gasteiger partial charge in [-0.1, -0.05) is 24.3 Å². The number of sulfone groups is 1. The second kappa shape index (κ2) is 4.25. The lowest BCUT2D eigenvalue weighted by Gasteiger charge is -2.01. The van der Waals surface area contributed by atoms with E-state index in [1.807, 2.05) is 18.2 Å². The van der Waals surface area contributed by atoms with Crippen molar-refractivity contribution in [3.63, 3.8) is 0 Å². The van der Waals surface area contributed by atoms with Gasteiger partial charge < -0.3 is 0 Å². The number of pyridine rings is 1. The zero-order chi connectivity index (χ0) is 12.5. The molecule has 0 spiro atoms. The molecule has 2 rings (SSSR count). The summed E-state index contributed by atoms with van der Waals surface area (Å²) in [5.74, 6) is -0.975. The number of fused-ring (bicyclic) bond motifs is 1. The van der Waals surface area contributed by atoms with Crippen molar-refractivity contribution in [2.24, 2.45) is 0 Å². The smallest absolute Gasteiger partial charge is 0.196 e. The van der Waals surface area contributed by atoms with E-state index in [0.29, 0.717) is 5.52 Å². The van der Waals surface area contributed by atoms with Gasteiger partial charge in [0.1, 0.15) is 11.4 Å². The van der Waals surface area contributed by atoms with E-state index in [-0.39, 0.29) is 5.69 Å². The molecule has 1 heterocycles. The normalized spacial score (nSPS) is 11.6. The lowest BCUT2D eigenvalue weighted by Crippen LogP contribution is -2.15. The maximum atomic E-state index is 11.7. The highest BCUT2D eigenvalue weighted by molar-refractivity contribution is 7.91. The molecule has 0 aliphatic rings. The zero-order valence-electron chi connectivity index (χ0n) is 9.25. The second-order valence-electron chi connectivity index (χ2n) is 3.88. The molecule has 4 nitrogen and oxygen atoms in total. The van der Waals surface area contributed by atoms with Crippen LogP contribution in [0.5, 0.6) is 0 Å². The summed E-state index contributed by atoms with van der Waals surface area (Å²) in [7, 11) is -3.31. The first-order valence-electron chi connectivity index (χ1n) is 5.02. The van der Waals surface area contributed by atoms with Crippen LogP contribution in [0.25, 0.3) is 10.9 Å². The number of aromatic nitrogens is 1. The number of carbonyl (C=O) groups is 1. The van der Waals surface area contributed by atoms with Crippen molar-refractivity contribution < 1.29 is 13.2 Å². The number of rotatable bonds is 3. The van der Waals surface area contributed by atoms with Gasteiger partial charge in [0.25, 0.3) is 0 Å². The molecule has 0 aliphatic carbocycles. The van der Waals surface area contributed by atoms with E-state index >= 15 is 0 Å². The maximum Gasteiger partial charge on any atom is 0.196 e. The monoisotopic (exact) mass is 249 g/mol. The van der Waals surface area contributed by atoms with Crippen LogP contribution in [-0.2, 0) is 9.84 Å². The van der Waals surface area contributed by atoms with Crippen LogP contribution in [0.1, 0.15) is 10.5 Å². The minimum atomic E-state index is -3.31. The standard InChI is InChI=1S/C12H11NO3S/c1-17(15,16)8-12(14)11-7-6-9-4-2-3-5-10(9)13-11/h2-7H,8H2,1H3. The minimum Gasteiger partial charge on any atom is -0.291 e.